The largest absolute Gasteiger partial charge is 0.298 e. The van der Waals surface area contributed by atoms with Crippen molar-refractivity contribution in [1.29, 1.82) is 0 Å². The molecule has 0 aromatic heterocycles. The first-order valence-corrected chi connectivity index (χ1v) is 10.6. The van der Waals surface area contributed by atoms with Crippen LogP contribution in [0.4, 0.5) is 20.2 Å². The van der Waals surface area contributed by atoms with Crippen LogP contribution >= 0.6 is 0 Å². The molecule has 0 unspecified atom stereocenters. The summed E-state index contributed by atoms with van der Waals surface area (Å²) in [4.78, 5) is 12.6. The maximum Gasteiger partial charge on any atom is 0.162 e. The molecule has 0 atom stereocenters. The Labute approximate surface area is 190 Å². The first-order chi connectivity index (χ1) is 16.1. The van der Waals surface area contributed by atoms with Crippen molar-refractivity contribution in [3.8, 4) is 0 Å². The molecular formula is C28H21F2N2O+. The predicted octanol–water partition coefficient (Wildman–Crippen LogP) is 6.15. The van der Waals surface area contributed by atoms with Crippen LogP contribution in [0.2, 0.25) is 0 Å². The quantitative estimate of drug-likeness (QED) is 0.299. The molecule has 4 aromatic rings. The number of hydrogen-bond acceptors (Lipinski definition) is 2. The monoisotopic (exact) mass is 439 g/mol. The number of nitrogens with one attached hydrogen (secondary N) is 1. The molecule has 1 aliphatic heterocycles. The van der Waals surface area contributed by atoms with Gasteiger partial charge in [0, 0.05) is 24.3 Å². The molecule has 0 spiro atoms. The maximum atomic E-state index is 13.9. The summed E-state index contributed by atoms with van der Waals surface area (Å²) in [7, 11) is 0. The van der Waals surface area contributed by atoms with Gasteiger partial charge in [-0.1, -0.05) is 60.7 Å². The molecule has 4 aromatic carbocycles. The molecule has 0 saturated carbocycles. The molecule has 0 fully saturated rings. The lowest BCUT2D eigenvalue weighted by molar-refractivity contribution is -0.105. The van der Waals surface area contributed by atoms with Gasteiger partial charge in [-0.3, -0.25) is 4.79 Å². The zero-order chi connectivity index (χ0) is 22.9. The predicted molar refractivity (Wildman–Crippen MR) is 125 cm³/mol. The fourth-order valence-electron chi connectivity index (χ4n) is 4.57. The minimum Gasteiger partial charge on any atom is -0.298 e. The van der Waals surface area contributed by atoms with Crippen molar-refractivity contribution in [3.05, 3.63) is 144 Å². The molecule has 3 nitrogen and oxygen atoms in total. The molecule has 0 aliphatic carbocycles. The third kappa shape index (κ3) is 3.39. The number of halogens is 2. The molecule has 33 heavy (non-hydrogen) atoms. The van der Waals surface area contributed by atoms with Crippen LogP contribution in [0.5, 0.6) is 0 Å². The molecule has 5 heteroatoms. The number of quaternary nitrogens is 1. The molecule has 1 aliphatic rings. The first kappa shape index (κ1) is 20.9. The zero-order valence-electron chi connectivity index (χ0n) is 17.7. The molecule has 0 radical (unpaired) electrons. The molecule has 162 valence electrons. The summed E-state index contributed by atoms with van der Waals surface area (Å²) in [5.74, 6) is -0.760. The highest BCUT2D eigenvalue weighted by Gasteiger charge is 2.54. The Hall–Kier alpha value is -3.93. The van der Waals surface area contributed by atoms with E-state index in [1.807, 2.05) is 66.9 Å². The van der Waals surface area contributed by atoms with Gasteiger partial charge in [0.05, 0.1) is 5.57 Å². The summed E-state index contributed by atoms with van der Waals surface area (Å²) >= 11 is 0. The zero-order valence-corrected chi connectivity index (χ0v) is 17.7. The number of nitrogens with zero attached hydrogens (tertiary/aromatic N) is 1. The third-order valence-electron chi connectivity index (χ3n) is 6.12. The molecule has 1 N–H and O–H groups in total. The topological polar surface area (TPSA) is 29.1 Å². The summed E-state index contributed by atoms with van der Waals surface area (Å²) in [6.45, 7) is 0. The van der Waals surface area contributed by atoms with Crippen molar-refractivity contribution < 1.29 is 13.6 Å². The Morgan fingerprint density at radius 2 is 1.06 bits per heavy atom. The Kier molecular flexibility index (Phi) is 5.21. The first-order valence-electron chi connectivity index (χ1n) is 10.6. The summed E-state index contributed by atoms with van der Waals surface area (Å²) < 4.78 is 27.8. The average molecular weight is 439 g/mol. The SMILES string of the molecule is O=CC1=C[N+](c2ccccc2)(c2ccccc2)NC1(c1ccc(F)cc1)c1ccc(F)cc1. The minimum absolute atomic E-state index is 0.0461. The minimum atomic E-state index is -1.14. The van der Waals surface area contributed by atoms with Gasteiger partial charge in [0.25, 0.3) is 0 Å². The van der Waals surface area contributed by atoms with Crippen molar-refractivity contribution >= 4 is 17.7 Å². The second kappa shape index (κ2) is 8.20. The van der Waals surface area contributed by atoms with E-state index >= 15 is 0 Å². The van der Waals surface area contributed by atoms with Crippen molar-refractivity contribution in [2.24, 2.45) is 0 Å². The van der Waals surface area contributed by atoms with Crippen molar-refractivity contribution in [2.75, 3.05) is 0 Å². The summed E-state index contributed by atoms with van der Waals surface area (Å²) in [5, 5.41) is 0. The molecular weight excluding hydrogens is 418 g/mol. The number of para-hydroxylation sites is 2. The number of carbonyl (C=O) groups excluding carboxylic acids is 1. The lowest BCUT2D eigenvalue weighted by atomic mass is 9.78. The normalized spacial score (nSPS) is 16.2. The van der Waals surface area contributed by atoms with E-state index in [4.69, 9.17) is 0 Å². The molecule has 0 saturated heterocycles. The van der Waals surface area contributed by atoms with E-state index in [0.29, 0.717) is 16.7 Å². The number of carbonyl (C=O) groups is 1. The van der Waals surface area contributed by atoms with E-state index in [2.05, 4.69) is 5.43 Å². The number of hydrogen-bond donors (Lipinski definition) is 1. The van der Waals surface area contributed by atoms with E-state index in [1.165, 1.54) is 24.3 Å². The number of benzene rings is 4. The lowest BCUT2D eigenvalue weighted by Crippen LogP contribution is -2.56. The second-order valence-corrected chi connectivity index (χ2v) is 7.97. The van der Waals surface area contributed by atoms with Crippen LogP contribution in [0.1, 0.15) is 11.1 Å². The van der Waals surface area contributed by atoms with Crippen molar-refractivity contribution in [1.82, 2.24) is 10.0 Å². The summed E-state index contributed by atoms with van der Waals surface area (Å²) in [6.07, 6.45) is 2.68. The average Bonchev–Trinajstić information content (AvgIpc) is 3.24. The lowest BCUT2D eigenvalue weighted by Gasteiger charge is -2.37. The van der Waals surface area contributed by atoms with Gasteiger partial charge >= 0.3 is 0 Å². The highest BCUT2D eigenvalue weighted by atomic mass is 19.1. The van der Waals surface area contributed by atoms with E-state index in [9.17, 15) is 13.6 Å². The second-order valence-electron chi connectivity index (χ2n) is 7.97. The van der Waals surface area contributed by atoms with Crippen LogP contribution in [0.15, 0.2) is 121 Å². The Morgan fingerprint density at radius 3 is 1.45 bits per heavy atom. The van der Waals surface area contributed by atoms with E-state index in [0.717, 1.165) is 17.7 Å². The van der Waals surface area contributed by atoms with Gasteiger partial charge in [-0.25, -0.2) is 8.78 Å². The Morgan fingerprint density at radius 1 is 0.636 bits per heavy atom. The standard InChI is InChI=1S/C28H21F2N2O/c29-24-15-11-21(12-16-24)28(22-13-17-25(30)18-14-22)23(20-33)19-32(31-28,26-7-3-1-4-8-26)27-9-5-2-6-10-27/h1-20,31H/q+1. The summed E-state index contributed by atoms with van der Waals surface area (Å²) in [6, 6.07) is 31.6. The van der Waals surface area contributed by atoms with Gasteiger partial charge in [0.1, 0.15) is 17.8 Å². The van der Waals surface area contributed by atoms with E-state index in [1.54, 1.807) is 24.3 Å². The third-order valence-corrected chi connectivity index (χ3v) is 6.12. The van der Waals surface area contributed by atoms with Crippen LogP contribution < -0.4 is 10.0 Å². The Bertz CT molecular complexity index is 1220. The van der Waals surface area contributed by atoms with Crippen LogP contribution in [0.25, 0.3) is 0 Å². The highest BCUT2D eigenvalue weighted by molar-refractivity contribution is 5.84. The number of rotatable bonds is 5. The maximum absolute atomic E-state index is 13.9. The molecule has 0 bridgehead atoms. The highest BCUT2D eigenvalue weighted by Crippen LogP contribution is 2.48. The van der Waals surface area contributed by atoms with Gasteiger partial charge in [-0.05, 0) is 35.4 Å². The van der Waals surface area contributed by atoms with Gasteiger partial charge in [0.15, 0.2) is 23.2 Å². The fourth-order valence-corrected chi connectivity index (χ4v) is 4.57. The van der Waals surface area contributed by atoms with Gasteiger partial charge in [-0.2, -0.15) is 4.59 Å². The van der Waals surface area contributed by atoms with Gasteiger partial charge in [-0.15, -0.1) is 5.43 Å². The Balaban J connectivity index is 1.83. The van der Waals surface area contributed by atoms with Crippen molar-refractivity contribution in [2.45, 2.75) is 5.54 Å². The smallest absolute Gasteiger partial charge is 0.162 e. The van der Waals surface area contributed by atoms with Crippen LogP contribution in [-0.4, -0.2) is 6.29 Å². The van der Waals surface area contributed by atoms with Crippen LogP contribution in [0.3, 0.4) is 0 Å². The van der Waals surface area contributed by atoms with E-state index in [-0.39, 0.29) is 16.2 Å². The molecule has 5 rings (SSSR count). The summed E-state index contributed by atoms with van der Waals surface area (Å²) in [5.41, 5.74) is 6.09. The van der Waals surface area contributed by atoms with Crippen molar-refractivity contribution in [3.63, 3.8) is 0 Å². The van der Waals surface area contributed by atoms with Crippen LogP contribution in [0, 0.1) is 11.6 Å². The molecule has 0 amide bonds. The fraction of sp³-hybridized carbons (Fsp3) is 0.0357. The van der Waals surface area contributed by atoms with E-state index < -0.39 is 5.54 Å². The van der Waals surface area contributed by atoms with Gasteiger partial charge in [0.2, 0.25) is 0 Å². The van der Waals surface area contributed by atoms with Gasteiger partial charge < -0.3 is 0 Å². The molecule has 1 heterocycles. The number of aldehydes is 1. The van der Waals surface area contributed by atoms with Crippen LogP contribution in [-0.2, 0) is 10.3 Å².